The summed E-state index contributed by atoms with van der Waals surface area (Å²) in [5.74, 6) is -1.15. The van der Waals surface area contributed by atoms with E-state index < -0.39 is 11.6 Å². The quantitative estimate of drug-likeness (QED) is 0.542. The van der Waals surface area contributed by atoms with Gasteiger partial charge in [-0.05, 0) is 38.0 Å². The van der Waals surface area contributed by atoms with Crippen molar-refractivity contribution >= 4 is 29.2 Å². The molecule has 30 heavy (non-hydrogen) atoms. The molecule has 0 atom stereocenters. The molecule has 8 heteroatoms. The first-order valence-corrected chi connectivity index (χ1v) is 9.82. The summed E-state index contributed by atoms with van der Waals surface area (Å²) in [6.07, 6.45) is 0. The number of carbonyl (C=O) groups excluding carboxylic acids is 2. The number of nitrogens with one attached hydrogen (secondary N) is 2. The Labute approximate surface area is 181 Å². The number of phenolic OH excluding ortho intramolecular Hbond substituents is 1. The van der Waals surface area contributed by atoms with Gasteiger partial charge in [0.1, 0.15) is 16.9 Å². The van der Waals surface area contributed by atoms with Gasteiger partial charge in [-0.25, -0.2) is 4.79 Å². The van der Waals surface area contributed by atoms with Crippen molar-refractivity contribution in [2.24, 2.45) is 0 Å². The molecule has 0 saturated carbocycles. The molecule has 0 unspecified atom stereocenters. The van der Waals surface area contributed by atoms with Gasteiger partial charge < -0.3 is 25.2 Å². The van der Waals surface area contributed by atoms with Gasteiger partial charge in [0.2, 0.25) is 0 Å². The number of carbonyl (C=O) groups is 2. The number of hydrogen-bond acceptors (Lipinski definition) is 7. The van der Waals surface area contributed by atoms with Crippen molar-refractivity contribution in [2.75, 3.05) is 19.0 Å². The number of aromatic hydroxyl groups is 1. The number of anilines is 1. The van der Waals surface area contributed by atoms with Gasteiger partial charge in [-0.2, -0.15) is 0 Å². The summed E-state index contributed by atoms with van der Waals surface area (Å²) < 4.78 is 9.86. The van der Waals surface area contributed by atoms with Gasteiger partial charge in [0.05, 0.1) is 24.4 Å². The highest BCUT2D eigenvalue weighted by molar-refractivity contribution is 6.33. The van der Waals surface area contributed by atoms with Gasteiger partial charge in [0.15, 0.2) is 0 Å². The normalized spacial score (nSPS) is 11.1. The van der Waals surface area contributed by atoms with Crippen molar-refractivity contribution in [1.29, 1.82) is 0 Å². The molecule has 0 aliphatic heterocycles. The summed E-state index contributed by atoms with van der Waals surface area (Å²) in [4.78, 5) is 23.3. The van der Waals surface area contributed by atoms with Crippen LogP contribution >= 0.6 is 11.6 Å². The number of phenols is 1. The van der Waals surface area contributed by atoms with Crippen molar-refractivity contribution in [3.63, 3.8) is 0 Å². The number of ether oxygens (including phenoxy) is 2. The maximum atomic E-state index is 11.7. The molecule has 0 saturated heterocycles. The molecule has 0 spiro atoms. The van der Waals surface area contributed by atoms with Crippen LogP contribution in [0.1, 0.15) is 42.3 Å². The van der Waals surface area contributed by atoms with E-state index >= 15 is 0 Å². The summed E-state index contributed by atoms with van der Waals surface area (Å²) in [5.41, 5.74) is 2.05. The number of esters is 2. The van der Waals surface area contributed by atoms with Crippen LogP contribution in [0.4, 0.5) is 5.69 Å². The standard InChI is InChI=1S/C22H27ClN2O5/c1-22(2,3)30-20(27)13-24-11-14-5-7-15(8-6-14)12-25-18-10-19(26)16(9-17(18)23)21(28)29-4/h5-10,24-26H,11-13H2,1-4H3. The number of methoxy groups -OCH3 is 1. The highest BCUT2D eigenvalue weighted by atomic mass is 35.5. The van der Waals surface area contributed by atoms with E-state index in [1.165, 1.54) is 19.2 Å². The minimum absolute atomic E-state index is 0.0104. The Hall–Kier alpha value is -2.77. The molecule has 0 amide bonds. The molecule has 2 rings (SSSR count). The third-order valence-electron chi connectivity index (χ3n) is 4.02. The average molecular weight is 435 g/mol. The number of halogens is 1. The van der Waals surface area contributed by atoms with Crippen LogP contribution < -0.4 is 10.6 Å². The van der Waals surface area contributed by atoms with E-state index in [1.807, 2.05) is 45.0 Å². The molecule has 0 fully saturated rings. The maximum absolute atomic E-state index is 11.7. The second-order valence-corrected chi connectivity index (χ2v) is 8.11. The third-order valence-corrected chi connectivity index (χ3v) is 4.33. The van der Waals surface area contributed by atoms with Gasteiger partial charge in [0.25, 0.3) is 0 Å². The predicted molar refractivity (Wildman–Crippen MR) is 116 cm³/mol. The van der Waals surface area contributed by atoms with Gasteiger partial charge in [-0.1, -0.05) is 35.9 Å². The van der Waals surface area contributed by atoms with Gasteiger partial charge in [-0.3, -0.25) is 4.79 Å². The summed E-state index contributed by atoms with van der Waals surface area (Å²) in [5, 5.41) is 16.5. The first kappa shape index (κ1) is 23.5. The Morgan fingerprint density at radius 2 is 1.67 bits per heavy atom. The minimum Gasteiger partial charge on any atom is -0.507 e. The van der Waals surface area contributed by atoms with E-state index in [4.69, 9.17) is 16.3 Å². The molecule has 0 bridgehead atoms. The lowest BCUT2D eigenvalue weighted by Gasteiger charge is -2.19. The fourth-order valence-corrected chi connectivity index (χ4v) is 2.86. The lowest BCUT2D eigenvalue weighted by atomic mass is 10.1. The van der Waals surface area contributed by atoms with Crippen LogP contribution in [0.5, 0.6) is 5.75 Å². The molecule has 0 aliphatic rings. The number of rotatable bonds is 8. The van der Waals surface area contributed by atoms with Crippen LogP contribution in [0.3, 0.4) is 0 Å². The SMILES string of the molecule is COC(=O)c1cc(Cl)c(NCc2ccc(CNCC(=O)OC(C)(C)C)cc2)cc1O. The van der Waals surface area contributed by atoms with Crippen molar-refractivity contribution in [3.05, 3.63) is 58.1 Å². The molecule has 0 aromatic heterocycles. The Bertz CT molecular complexity index is 892. The highest BCUT2D eigenvalue weighted by Crippen LogP contribution is 2.31. The minimum atomic E-state index is -0.656. The summed E-state index contributed by atoms with van der Waals surface area (Å²) in [6, 6.07) is 10.6. The molecular formula is C22H27ClN2O5. The van der Waals surface area contributed by atoms with Crippen LogP contribution in [0, 0.1) is 0 Å². The van der Waals surface area contributed by atoms with E-state index in [2.05, 4.69) is 15.4 Å². The van der Waals surface area contributed by atoms with Crippen LogP contribution in [0.15, 0.2) is 36.4 Å². The van der Waals surface area contributed by atoms with E-state index in [-0.39, 0.29) is 23.8 Å². The number of hydrogen-bond donors (Lipinski definition) is 3. The van der Waals surface area contributed by atoms with E-state index in [1.54, 1.807) is 0 Å². The molecule has 7 nitrogen and oxygen atoms in total. The van der Waals surface area contributed by atoms with Crippen molar-refractivity contribution in [3.8, 4) is 5.75 Å². The summed E-state index contributed by atoms with van der Waals surface area (Å²) in [6.45, 7) is 6.66. The monoisotopic (exact) mass is 434 g/mol. The van der Waals surface area contributed by atoms with Gasteiger partial charge >= 0.3 is 11.9 Å². The zero-order valence-corrected chi connectivity index (χ0v) is 18.3. The zero-order chi connectivity index (χ0) is 22.3. The summed E-state index contributed by atoms with van der Waals surface area (Å²) >= 11 is 6.19. The lowest BCUT2D eigenvalue weighted by molar-refractivity contribution is -0.153. The second kappa shape index (κ2) is 10.3. The molecule has 3 N–H and O–H groups in total. The predicted octanol–water partition coefficient (Wildman–Crippen LogP) is 3.88. The summed E-state index contributed by atoms with van der Waals surface area (Å²) in [7, 11) is 1.23. The van der Waals surface area contributed by atoms with Crippen LogP contribution in [0.2, 0.25) is 5.02 Å². The zero-order valence-electron chi connectivity index (χ0n) is 17.5. The molecule has 0 heterocycles. The van der Waals surface area contributed by atoms with Crippen molar-refractivity contribution in [1.82, 2.24) is 5.32 Å². The average Bonchev–Trinajstić information content (AvgIpc) is 2.67. The van der Waals surface area contributed by atoms with E-state index in [0.717, 1.165) is 11.1 Å². The van der Waals surface area contributed by atoms with Crippen LogP contribution in [-0.2, 0) is 27.4 Å². The molecular weight excluding hydrogens is 408 g/mol. The molecule has 2 aromatic rings. The van der Waals surface area contributed by atoms with Crippen molar-refractivity contribution in [2.45, 2.75) is 39.5 Å². The molecule has 0 aliphatic carbocycles. The van der Waals surface area contributed by atoms with Crippen LogP contribution in [-0.4, -0.2) is 36.3 Å². The first-order chi connectivity index (χ1) is 14.1. The molecule has 2 aromatic carbocycles. The van der Waals surface area contributed by atoms with Gasteiger partial charge in [0, 0.05) is 19.2 Å². The fourth-order valence-electron chi connectivity index (χ4n) is 2.63. The first-order valence-electron chi connectivity index (χ1n) is 9.44. The largest absolute Gasteiger partial charge is 0.507 e. The highest BCUT2D eigenvalue weighted by Gasteiger charge is 2.16. The van der Waals surface area contributed by atoms with Gasteiger partial charge in [-0.15, -0.1) is 0 Å². The Kier molecular flexibility index (Phi) is 8.08. The van der Waals surface area contributed by atoms with Crippen LogP contribution in [0.25, 0.3) is 0 Å². The fraction of sp³-hybridized carbons (Fsp3) is 0.364. The Balaban J connectivity index is 1.87. The lowest BCUT2D eigenvalue weighted by Crippen LogP contribution is -2.31. The van der Waals surface area contributed by atoms with Crippen molar-refractivity contribution < 1.29 is 24.2 Å². The second-order valence-electron chi connectivity index (χ2n) is 7.70. The topological polar surface area (TPSA) is 96.9 Å². The van der Waals surface area contributed by atoms with E-state index in [9.17, 15) is 14.7 Å². The third kappa shape index (κ3) is 7.24. The maximum Gasteiger partial charge on any atom is 0.341 e. The Morgan fingerprint density at radius 1 is 1.07 bits per heavy atom. The number of benzene rings is 2. The molecule has 162 valence electrons. The smallest absolute Gasteiger partial charge is 0.341 e. The molecule has 0 radical (unpaired) electrons. The van der Waals surface area contributed by atoms with E-state index in [0.29, 0.717) is 23.8 Å². The Morgan fingerprint density at radius 3 is 2.23 bits per heavy atom.